The van der Waals surface area contributed by atoms with Crippen molar-refractivity contribution in [1.82, 2.24) is 9.47 Å². The lowest BCUT2D eigenvalue weighted by Crippen LogP contribution is -2.23. The van der Waals surface area contributed by atoms with E-state index in [0.29, 0.717) is 0 Å². The highest BCUT2D eigenvalue weighted by molar-refractivity contribution is 7.89. The van der Waals surface area contributed by atoms with Gasteiger partial charge in [-0.25, -0.2) is 13.6 Å². The van der Waals surface area contributed by atoms with Crippen LogP contribution in [0.4, 0.5) is 0 Å². The number of aromatic nitrogens is 1. The second-order valence-corrected chi connectivity index (χ2v) is 9.74. The van der Waals surface area contributed by atoms with Crippen molar-refractivity contribution in [1.29, 1.82) is 0 Å². The highest BCUT2D eigenvalue weighted by Crippen LogP contribution is 2.33. The number of likely N-dealkylation sites (N-methyl/N-ethyl adjacent to an activating group) is 1. The Hall–Kier alpha value is -2.67. The molecule has 3 aromatic carbocycles. The van der Waals surface area contributed by atoms with E-state index in [-0.39, 0.29) is 11.7 Å². The van der Waals surface area contributed by atoms with E-state index >= 15 is 0 Å². The Kier molecular flexibility index (Phi) is 5.64. The number of nitrogens with zero attached hydrogens (tertiary/aromatic N) is 2. The van der Waals surface area contributed by atoms with Gasteiger partial charge in [-0.05, 0) is 53.5 Å². The number of sulfonamides is 1. The van der Waals surface area contributed by atoms with Gasteiger partial charge in [-0.2, -0.15) is 0 Å². The SMILES string of the molecule is CN(C)CCn1ccc2ccc(C(CS(N)(=O)=O)c3cccc4ccccc34)cc21. The molecular formula is C24H27N3O2S. The number of benzene rings is 3. The zero-order valence-corrected chi connectivity index (χ0v) is 18.1. The molecule has 4 rings (SSSR count). The molecule has 0 spiro atoms. The third kappa shape index (κ3) is 4.41. The molecule has 30 heavy (non-hydrogen) atoms. The van der Waals surface area contributed by atoms with Gasteiger partial charge < -0.3 is 9.47 Å². The first-order chi connectivity index (χ1) is 14.3. The van der Waals surface area contributed by atoms with E-state index < -0.39 is 10.0 Å². The van der Waals surface area contributed by atoms with E-state index in [0.717, 1.165) is 45.9 Å². The van der Waals surface area contributed by atoms with Crippen molar-refractivity contribution in [3.63, 3.8) is 0 Å². The summed E-state index contributed by atoms with van der Waals surface area (Å²) in [4.78, 5) is 2.15. The van der Waals surface area contributed by atoms with Crippen molar-refractivity contribution in [3.8, 4) is 0 Å². The Labute approximate surface area is 177 Å². The molecule has 1 aromatic heterocycles. The fraction of sp³-hybridized carbons (Fsp3) is 0.250. The zero-order valence-electron chi connectivity index (χ0n) is 17.3. The number of nitrogens with two attached hydrogens (primary N) is 1. The van der Waals surface area contributed by atoms with E-state index in [4.69, 9.17) is 5.14 Å². The van der Waals surface area contributed by atoms with Crippen LogP contribution in [0.1, 0.15) is 17.0 Å². The molecule has 1 heterocycles. The zero-order chi connectivity index (χ0) is 21.3. The quantitative estimate of drug-likeness (QED) is 0.494. The molecule has 2 N–H and O–H groups in total. The van der Waals surface area contributed by atoms with Crippen LogP contribution in [0.25, 0.3) is 21.7 Å². The van der Waals surface area contributed by atoms with Crippen molar-refractivity contribution in [2.45, 2.75) is 12.5 Å². The van der Waals surface area contributed by atoms with E-state index in [1.807, 2.05) is 48.5 Å². The van der Waals surface area contributed by atoms with Crippen molar-refractivity contribution >= 4 is 31.7 Å². The largest absolute Gasteiger partial charge is 0.346 e. The smallest absolute Gasteiger partial charge is 0.210 e. The predicted octanol–water partition coefficient (Wildman–Crippen LogP) is 3.78. The average molecular weight is 422 g/mol. The van der Waals surface area contributed by atoms with Gasteiger partial charge in [0.25, 0.3) is 0 Å². The van der Waals surface area contributed by atoms with Crippen LogP contribution in [0.15, 0.2) is 72.9 Å². The van der Waals surface area contributed by atoms with Gasteiger partial charge in [0, 0.05) is 30.7 Å². The molecule has 0 aliphatic heterocycles. The molecule has 0 saturated carbocycles. The Bertz CT molecular complexity index is 1290. The molecule has 0 bridgehead atoms. The summed E-state index contributed by atoms with van der Waals surface area (Å²) in [6, 6.07) is 22.4. The van der Waals surface area contributed by atoms with Crippen LogP contribution in [0.3, 0.4) is 0 Å². The molecule has 0 aliphatic rings. The van der Waals surface area contributed by atoms with Gasteiger partial charge in [0.2, 0.25) is 10.0 Å². The lowest BCUT2D eigenvalue weighted by molar-refractivity contribution is 0.387. The highest BCUT2D eigenvalue weighted by Gasteiger charge is 2.22. The summed E-state index contributed by atoms with van der Waals surface area (Å²) >= 11 is 0. The summed E-state index contributed by atoms with van der Waals surface area (Å²) in [5.74, 6) is -0.474. The Morgan fingerprint density at radius 3 is 2.50 bits per heavy atom. The molecule has 6 heteroatoms. The maximum absolute atomic E-state index is 12.1. The van der Waals surface area contributed by atoms with E-state index in [1.165, 1.54) is 0 Å². The molecule has 5 nitrogen and oxygen atoms in total. The van der Waals surface area contributed by atoms with Crippen LogP contribution >= 0.6 is 0 Å². The van der Waals surface area contributed by atoms with Gasteiger partial charge in [0.1, 0.15) is 0 Å². The molecule has 1 atom stereocenters. The fourth-order valence-corrected chi connectivity index (χ4v) is 4.91. The van der Waals surface area contributed by atoms with Gasteiger partial charge in [0.05, 0.1) is 5.75 Å². The number of hydrogen-bond donors (Lipinski definition) is 1. The lowest BCUT2D eigenvalue weighted by Gasteiger charge is -2.20. The standard InChI is InChI=1S/C24H27N3O2S/c1-26(2)14-15-27-13-12-19-10-11-20(16-24(19)27)23(17-30(25,28)29)22-9-5-7-18-6-3-4-8-21(18)22/h3-13,16,23H,14-15,17H2,1-2H3,(H2,25,28,29). The minimum absolute atomic E-state index is 0.134. The highest BCUT2D eigenvalue weighted by atomic mass is 32.2. The van der Waals surface area contributed by atoms with Gasteiger partial charge in [0.15, 0.2) is 0 Å². The molecule has 0 saturated heterocycles. The van der Waals surface area contributed by atoms with Gasteiger partial charge in [-0.1, -0.05) is 54.6 Å². The molecule has 0 fully saturated rings. The first-order valence-electron chi connectivity index (χ1n) is 10.0. The third-order valence-corrected chi connectivity index (χ3v) is 6.38. The van der Waals surface area contributed by atoms with Crippen LogP contribution in [0, 0.1) is 0 Å². The Morgan fingerprint density at radius 2 is 1.73 bits per heavy atom. The summed E-state index contributed by atoms with van der Waals surface area (Å²) in [6.07, 6.45) is 2.09. The van der Waals surface area contributed by atoms with Crippen LogP contribution in [-0.2, 0) is 16.6 Å². The second kappa shape index (κ2) is 8.22. The Morgan fingerprint density at radius 1 is 0.967 bits per heavy atom. The monoisotopic (exact) mass is 421 g/mol. The third-order valence-electron chi connectivity index (χ3n) is 5.59. The second-order valence-electron chi connectivity index (χ2n) is 8.08. The fourth-order valence-electron chi connectivity index (χ4n) is 4.07. The number of primary sulfonamides is 1. The predicted molar refractivity (Wildman–Crippen MR) is 124 cm³/mol. The van der Waals surface area contributed by atoms with Gasteiger partial charge >= 0.3 is 0 Å². The minimum atomic E-state index is -3.67. The number of rotatable bonds is 7. The number of hydrogen-bond acceptors (Lipinski definition) is 3. The minimum Gasteiger partial charge on any atom is -0.346 e. The van der Waals surface area contributed by atoms with E-state index in [2.05, 4.69) is 48.0 Å². The van der Waals surface area contributed by atoms with Crippen LogP contribution in [0.2, 0.25) is 0 Å². The van der Waals surface area contributed by atoms with Gasteiger partial charge in [-0.3, -0.25) is 0 Å². The molecule has 156 valence electrons. The van der Waals surface area contributed by atoms with Crippen LogP contribution < -0.4 is 5.14 Å². The average Bonchev–Trinajstić information content (AvgIpc) is 3.12. The molecule has 0 radical (unpaired) electrons. The summed E-state index contributed by atoms with van der Waals surface area (Å²) < 4.78 is 26.5. The Balaban J connectivity index is 1.85. The van der Waals surface area contributed by atoms with Crippen molar-refractivity contribution < 1.29 is 8.42 Å². The summed E-state index contributed by atoms with van der Waals surface area (Å²) in [5.41, 5.74) is 3.04. The maximum atomic E-state index is 12.1. The first kappa shape index (κ1) is 20.6. The summed E-state index contributed by atoms with van der Waals surface area (Å²) in [5, 5.41) is 8.80. The first-order valence-corrected chi connectivity index (χ1v) is 11.7. The topological polar surface area (TPSA) is 68.3 Å². The van der Waals surface area contributed by atoms with E-state index in [9.17, 15) is 8.42 Å². The molecule has 4 aromatic rings. The molecule has 0 aliphatic carbocycles. The van der Waals surface area contributed by atoms with Crippen molar-refractivity contribution in [3.05, 3.63) is 84.1 Å². The lowest BCUT2D eigenvalue weighted by atomic mass is 9.89. The van der Waals surface area contributed by atoms with E-state index in [1.54, 1.807) is 0 Å². The molecule has 1 unspecified atom stereocenters. The number of fused-ring (bicyclic) bond motifs is 2. The normalized spacial score (nSPS) is 13.3. The van der Waals surface area contributed by atoms with Crippen LogP contribution in [0.5, 0.6) is 0 Å². The van der Waals surface area contributed by atoms with Crippen LogP contribution in [-0.4, -0.2) is 44.3 Å². The molecule has 0 amide bonds. The van der Waals surface area contributed by atoms with Gasteiger partial charge in [-0.15, -0.1) is 0 Å². The molecular weight excluding hydrogens is 394 g/mol. The summed E-state index contributed by atoms with van der Waals surface area (Å²) in [7, 11) is 0.437. The maximum Gasteiger partial charge on any atom is 0.210 e. The summed E-state index contributed by atoms with van der Waals surface area (Å²) in [6.45, 7) is 1.80. The van der Waals surface area contributed by atoms with Crippen molar-refractivity contribution in [2.75, 3.05) is 26.4 Å². The van der Waals surface area contributed by atoms with Crippen molar-refractivity contribution in [2.24, 2.45) is 5.14 Å².